The second-order valence-electron chi connectivity index (χ2n) is 5.97. The number of nitrogens with zero attached hydrogens (tertiary/aromatic N) is 3. The maximum absolute atomic E-state index is 13.1. The molecule has 2 aromatic heterocycles. The third-order valence-electron chi connectivity index (χ3n) is 3.83. The average Bonchev–Trinajstić information content (AvgIpc) is 2.98. The number of halogens is 3. The van der Waals surface area contributed by atoms with E-state index in [1.165, 1.54) is 16.9 Å². The summed E-state index contributed by atoms with van der Waals surface area (Å²) in [5.74, 6) is -0.0339. The van der Waals surface area contributed by atoms with Gasteiger partial charge in [0.1, 0.15) is 9.84 Å². The lowest BCUT2D eigenvalue weighted by Gasteiger charge is -2.14. The van der Waals surface area contributed by atoms with Crippen molar-refractivity contribution in [3.8, 4) is 0 Å². The largest absolute Gasteiger partial charge is 0.435 e. The molecule has 5 nitrogen and oxygen atoms in total. The molecule has 0 aliphatic heterocycles. The Morgan fingerprint density at radius 2 is 2.05 bits per heavy atom. The first kappa shape index (κ1) is 15.3. The predicted molar refractivity (Wildman–Crippen MR) is 73.9 cm³/mol. The van der Waals surface area contributed by atoms with Gasteiger partial charge in [-0.1, -0.05) is 0 Å². The van der Waals surface area contributed by atoms with E-state index in [0.717, 1.165) is 12.5 Å². The van der Waals surface area contributed by atoms with Gasteiger partial charge in [-0.25, -0.2) is 8.42 Å². The number of hydrogen-bond acceptors (Lipinski definition) is 4. The fourth-order valence-corrected chi connectivity index (χ4v) is 4.24. The molecule has 1 aliphatic carbocycles. The van der Waals surface area contributed by atoms with Gasteiger partial charge in [-0.3, -0.25) is 9.67 Å². The number of pyridine rings is 1. The highest BCUT2D eigenvalue weighted by atomic mass is 32.2. The van der Waals surface area contributed by atoms with Gasteiger partial charge in [0.25, 0.3) is 0 Å². The van der Waals surface area contributed by atoms with E-state index in [2.05, 4.69) is 10.1 Å². The lowest BCUT2D eigenvalue weighted by atomic mass is 10.1. The lowest BCUT2D eigenvalue weighted by Crippen LogP contribution is -2.22. The first-order valence-electron chi connectivity index (χ1n) is 6.65. The molecule has 0 amide bonds. The number of alkyl halides is 3. The normalized spacial score (nSPS) is 17.8. The van der Waals surface area contributed by atoms with Crippen LogP contribution in [0.5, 0.6) is 0 Å². The predicted octanol–water partition coefficient (Wildman–Crippen LogP) is 2.27. The van der Waals surface area contributed by atoms with Gasteiger partial charge in [-0.2, -0.15) is 18.3 Å². The van der Waals surface area contributed by atoms with Crippen LogP contribution in [0, 0.1) is 5.41 Å². The minimum absolute atomic E-state index is 0.0339. The van der Waals surface area contributed by atoms with Crippen LogP contribution in [0.4, 0.5) is 13.2 Å². The van der Waals surface area contributed by atoms with E-state index < -0.39 is 27.1 Å². The van der Waals surface area contributed by atoms with Crippen molar-refractivity contribution in [3.05, 3.63) is 24.2 Å². The molecule has 9 heteroatoms. The summed E-state index contributed by atoms with van der Waals surface area (Å²) in [7, 11) is -3.19. The molecule has 0 spiro atoms. The van der Waals surface area contributed by atoms with Crippen LogP contribution in [0.25, 0.3) is 10.9 Å². The second kappa shape index (κ2) is 4.68. The van der Waals surface area contributed by atoms with Crippen molar-refractivity contribution in [2.75, 3.05) is 12.0 Å². The van der Waals surface area contributed by atoms with E-state index in [0.29, 0.717) is 18.4 Å². The molecule has 2 aromatic rings. The molecular weight excluding hydrogens is 319 g/mol. The van der Waals surface area contributed by atoms with E-state index in [1.54, 1.807) is 0 Å². The van der Waals surface area contributed by atoms with Crippen LogP contribution in [-0.4, -0.2) is 35.2 Å². The summed E-state index contributed by atoms with van der Waals surface area (Å²) < 4.78 is 63.4. The lowest BCUT2D eigenvalue weighted by molar-refractivity contribution is -0.140. The number of fused-ring (bicyclic) bond motifs is 1. The van der Waals surface area contributed by atoms with Gasteiger partial charge in [-0.15, -0.1) is 0 Å². The average molecular weight is 333 g/mol. The molecule has 0 unspecified atom stereocenters. The van der Waals surface area contributed by atoms with Crippen molar-refractivity contribution in [1.29, 1.82) is 0 Å². The highest BCUT2D eigenvalue weighted by Gasteiger charge is 2.46. The van der Waals surface area contributed by atoms with E-state index in [1.807, 2.05) is 0 Å². The van der Waals surface area contributed by atoms with Crippen LogP contribution in [0.1, 0.15) is 18.5 Å². The summed E-state index contributed by atoms with van der Waals surface area (Å²) in [5, 5.41) is 3.61. The molecule has 0 aromatic carbocycles. The summed E-state index contributed by atoms with van der Waals surface area (Å²) in [6.45, 7) is 0.163. The first-order valence-corrected chi connectivity index (χ1v) is 8.71. The SMILES string of the molecule is CS(=O)(=O)CC1(Cn2nc(C(F)(F)F)c3cnccc32)CC1. The summed E-state index contributed by atoms with van der Waals surface area (Å²) in [4.78, 5) is 3.72. The molecule has 1 saturated carbocycles. The highest BCUT2D eigenvalue weighted by molar-refractivity contribution is 7.90. The van der Waals surface area contributed by atoms with Crippen molar-refractivity contribution in [3.63, 3.8) is 0 Å². The molecule has 3 rings (SSSR count). The van der Waals surface area contributed by atoms with Gasteiger partial charge in [0.15, 0.2) is 5.69 Å². The smallest absolute Gasteiger partial charge is 0.264 e. The third kappa shape index (κ3) is 2.94. The zero-order valence-electron chi connectivity index (χ0n) is 11.8. The minimum atomic E-state index is -4.57. The third-order valence-corrected chi connectivity index (χ3v) is 4.97. The molecule has 1 fully saturated rings. The van der Waals surface area contributed by atoms with E-state index in [4.69, 9.17) is 0 Å². The first-order chi connectivity index (χ1) is 10.1. The number of hydrogen-bond donors (Lipinski definition) is 0. The highest BCUT2D eigenvalue weighted by Crippen LogP contribution is 2.48. The van der Waals surface area contributed by atoms with Crippen molar-refractivity contribution in [2.24, 2.45) is 5.41 Å². The van der Waals surface area contributed by atoms with Crippen molar-refractivity contribution >= 4 is 20.7 Å². The Labute approximate surface area is 125 Å². The van der Waals surface area contributed by atoms with Crippen LogP contribution < -0.4 is 0 Å². The Morgan fingerprint density at radius 3 is 2.59 bits per heavy atom. The van der Waals surface area contributed by atoms with Crippen molar-refractivity contribution in [1.82, 2.24) is 14.8 Å². The quantitative estimate of drug-likeness (QED) is 0.861. The Bertz CT molecular complexity index is 823. The molecule has 1 aliphatic rings. The van der Waals surface area contributed by atoms with Crippen molar-refractivity contribution < 1.29 is 21.6 Å². The number of rotatable bonds is 4. The standard InChI is InChI=1S/C13H14F3N3O2S/c1-22(20,21)8-12(3-4-12)7-19-10-2-5-17-6-9(10)11(18-19)13(14,15)16/h2,5-6H,3-4,7-8H2,1H3. The molecule has 2 heterocycles. The molecule has 0 saturated heterocycles. The van der Waals surface area contributed by atoms with Crippen LogP contribution in [0.3, 0.4) is 0 Å². The molecule has 0 bridgehead atoms. The number of aromatic nitrogens is 3. The van der Waals surface area contributed by atoms with E-state index >= 15 is 0 Å². The van der Waals surface area contributed by atoms with Gasteiger partial charge >= 0.3 is 6.18 Å². The summed E-state index contributed by atoms with van der Waals surface area (Å²) in [6, 6.07) is 1.47. The Balaban J connectivity index is 2.02. The Hall–Kier alpha value is -1.64. The fourth-order valence-electron chi connectivity index (χ4n) is 2.75. The zero-order chi connectivity index (χ0) is 16.2. The topological polar surface area (TPSA) is 64.8 Å². The van der Waals surface area contributed by atoms with Crippen LogP contribution in [0.2, 0.25) is 0 Å². The zero-order valence-corrected chi connectivity index (χ0v) is 12.6. The van der Waals surface area contributed by atoms with Crippen LogP contribution in [0.15, 0.2) is 18.5 Å². The molecule has 120 valence electrons. The number of sulfone groups is 1. The fraction of sp³-hybridized carbons (Fsp3) is 0.538. The second-order valence-corrected chi connectivity index (χ2v) is 8.11. The van der Waals surface area contributed by atoms with Crippen LogP contribution in [-0.2, 0) is 22.6 Å². The summed E-state index contributed by atoms with van der Waals surface area (Å²) >= 11 is 0. The minimum Gasteiger partial charge on any atom is -0.264 e. The van der Waals surface area contributed by atoms with E-state index in [-0.39, 0.29) is 17.7 Å². The van der Waals surface area contributed by atoms with Gasteiger partial charge in [0.05, 0.1) is 16.7 Å². The Kier molecular flexibility index (Phi) is 3.24. The summed E-state index contributed by atoms with van der Waals surface area (Å²) in [6.07, 6.45) is 0.454. The molecule has 0 atom stereocenters. The maximum atomic E-state index is 13.1. The molecular formula is C13H14F3N3O2S. The molecule has 0 radical (unpaired) electrons. The maximum Gasteiger partial charge on any atom is 0.435 e. The van der Waals surface area contributed by atoms with Gasteiger partial charge in [0, 0.05) is 30.6 Å². The van der Waals surface area contributed by atoms with Gasteiger partial charge in [-0.05, 0) is 18.9 Å². The van der Waals surface area contributed by atoms with Crippen molar-refractivity contribution in [2.45, 2.75) is 25.6 Å². The van der Waals surface area contributed by atoms with Crippen LogP contribution >= 0.6 is 0 Å². The monoisotopic (exact) mass is 333 g/mol. The van der Waals surface area contributed by atoms with E-state index in [9.17, 15) is 21.6 Å². The summed E-state index contributed by atoms with van der Waals surface area (Å²) in [5.41, 5.74) is -1.16. The van der Waals surface area contributed by atoms with Gasteiger partial charge < -0.3 is 0 Å². The Morgan fingerprint density at radius 1 is 1.36 bits per heavy atom. The molecule has 0 N–H and O–H groups in total. The van der Waals surface area contributed by atoms with Gasteiger partial charge in [0.2, 0.25) is 0 Å². The molecule has 22 heavy (non-hydrogen) atoms.